The number of carbonyl (C=O) groups excluding carboxylic acids is 1. The van der Waals surface area contributed by atoms with Crippen LogP contribution < -0.4 is 11.1 Å². The number of aryl methyl sites for hydroxylation is 1. The van der Waals surface area contributed by atoms with E-state index >= 15 is 0 Å². The molecule has 0 bridgehead atoms. The number of pyridine rings is 1. The van der Waals surface area contributed by atoms with Crippen molar-refractivity contribution < 1.29 is 14.7 Å². The number of nitrogen functional groups attached to an aromatic ring is 1. The van der Waals surface area contributed by atoms with Crippen molar-refractivity contribution in [3.8, 4) is 0 Å². The fourth-order valence-electron chi connectivity index (χ4n) is 1.69. The number of hydrogen-bond donors (Lipinski definition) is 3. The monoisotopic (exact) mass is 271 g/mol. The zero-order valence-corrected chi connectivity index (χ0v) is 10.8. The number of benzene rings is 1. The van der Waals surface area contributed by atoms with Crippen molar-refractivity contribution in [1.29, 1.82) is 0 Å². The van der Waals surface area contributed by atoms with Gasteiger partial charge in [-0.05, 0) is 36.8 Å². The van der Waals surface area contributed by atoms with Crippen molar-refractivity contribution in [3.63, 3.8) is 0 Å². The lowest BCUT2D eigenvalue weighted by atomic mass is 10.1. The number of aromatic nitrogens is 1. The van der Waals surface area contributed by atoms with E-state index in [2.05, 4.69) is 10.3 Å². The van der Waals surface area contributed by atoms with E-state index in [1.807, 2.05) is 0 Å². The first kappa shape index (κ1) is 13.5. The molecule has 2 rings (SSSR count). The van der Waals surface area contributed by atoms with Gasteiger partial charge in [-0.25, -0.2) is 9.78 Å². The van der Waals surface area contributed by atoms with Crippen molar-refractivity contribution in [1.82, 2.24) is 4.98 Å². The third-order valence-electron chi connectivity index (χ3n) is 2.82. The van der Waals surface area contributed by atoms with E-state index in [9.17, 15) is 9.59 Å². The number of nitrogens with one attached hydrogen (secondary N) is 1. The molecule has 1 heterocycles. The van der Waals surface area contributed by atoms with Crippen LogP contribution in [-0.4, -0.2) is 22.0 Å². The molecule has 0 atom stereocenters. The quantitative estimate of drug-likeness (QED) is 0.791. The Labute approximate surface area is 115 Å². The minimum atomic E-state index is -1.05. The molecule has 0 saturated heterocycles. The summed E-state index contributed by atoms with van der Waals surface area (Å²) in [5.41, 5.74) is 7.15. The van der Waals surface area contributed by atoms with Crippen LogP contribution in [0.3, 0.4) is 0 Å². The summed E-state index contributed by atoms with van der Waals surface area (Å²) in [6, 6.07) is 7.67. The Bertz CT molecular complexity index is 683. The zero-order chi connectivity index (χ0) is 14.7. The van der Waals surface area contributed by atoms with Crippen molar-refractivity contribution in [2.75, 3.05) is 11.1 Å². The van der Waals surface area contributed by atoms with Gasteiger partial charge in [-0.1, -0.05) is 6.07 Å². The minimum Gasteiger partial charge on any atom is -0.478 e. The van der Waals surface area contributed by atoms with Gasteiger partial charge in [0.1, 0.15) is 5.82 Å². The molecule has 0 spiro atoms. The van der Waals surface area contributed by atoms with Gasteiger partial charge in [0.15, 0.2) is 0 Å². The second-order valence-corrected chi connectivity index (χ2v) is 4.23. The maximum Gasteiger partial charge on any atom is 0.335 e. The summed E-state index contributed by atoms with van der Waals surface area (Å²) in [4.78, 5) is 26.9. The Hall–Kier alpha value is -2.89. The predicted octanol–water partition coefficient (Wildman–Crippen LogP) is 1.92. The number of rotatable bonds is 3. The molecule has 0 fully saturated rings. The number of hydrogen-bond acceptors (Lipinski definition) is 4. The van der Waals surface area contributed by atoms with E-state index in [4.69, 9.17) is 10.8 Å². The Morgan fingerprint density at radius 2 is 2.05 bits per heavy atom. The molecule has 0 aliphatic carbocycles. The van der Waals surface area contributed by atoms with Gasteiger partial charge >= 0.3 is 5.97 Å². The number of carbonyl (C=O) groups is 2. The highest BCUT2D eigenvalue weighted by atomic mass is 16.4. The van der Waals surface area contributed by atoms with Crippen LogP contribution in [0.2, 0.25) is 0 Å². The highest BCUT2D eigenvalue weighted by Crippen LogP contribution is 2.19. The zero-order valence-electron chi connectivity index (χ0n) is 10.8. The summed E-state index contributed by atoms with van der Waals surface area (Å²) in [5.74, 6) is -1.36. The van der Waals surface area contributed by atoms with Crippen LogP contribution in [-0.2, 0) is 0 Å². The van der Waals surface area contributed by atoms with Gasteiger partial charge in [0, 0.05) is 11.9 Å². The predicted molar refractivity (Wildman–Crippen MR) is 74.7 cm³/mol. The molecular formula is C14H13N3O3. The van der Waals surface area contributed by atoms with Crippen LogP contribution in [0.15, 0.2) is 36.5 Å². The summed E-state index contributed by atoms with van der Waals surface area (Å²) >= 11 is 0. The van der Waals surface area contributed by atoms with Crippen LogP contribution in [0.1, 0.15) is 26.3 Å². The first-order valence-corrected chi connectivity index (χ1v) is 5.85. The highest BCUT2D eigenvalue weighted by molar-refractivity contribution is 6.07. The van der Waals surface area contributed by atoms with Gasteiger partial charge < -0.3 is 16.2 Å². The smallest absolute Gasteiger partial charge is 0.335 e. The van der Waals surface area contributed by atoms with E-state index in [0.717, 1.165) is 5.56 Å². The van der Waals surface area contributed by atoms with Gasteiger partial charge in [0.05, 0.1) is 11.1 Å². The van der Waals surface area contributed by atoms with Crippen LogP contribution in [0.5, 0.6) is 0 Å². The van der Waals surface area contributed by atoms with E-state index in [1.165, 1.54) is 18.3 Å². The molecule has 1 aromatic heterocycles. The molecule has 0 aliphatic rings. The van der Waals surface area contributed by atoms with E-state index in [-0.39, 0.29) is 16.9 Å². The van der Waals surface area contributed by atoms with E-state index < -0.39 is 11.9 Å². The molecule has 20 heavy (non-hydrogen) atoms. The van der Waals surface area contributed by atoms with Gasteiger partial charge in [-0.2, -0.15) is 0 Å². The van der Waals surface area contributed by atoms with Crippen LogP contribution in [0.25, 0.3) is 0 Å². The molecule has 1 aromatic carbocycles. The second-order valence-electron chi connectivity index (χ2n) is 4.23. The Morgan fingerprint density at radius 3 is 2.70 bits per heavy atom. The molecule has 102 valence electrons. The number of amides is 1. The number of nitrogens with two attached hydrogens (primary N) is 1. The molecule has 6 nitrogen and oxygen atoms in total. The fourth-order valence-corrected chi connectivity index (χ4v) is 1.69. The first-order valence-electron chi connectivity index (χ1n) is 5.85. The number of carboxylic acids is 1. The first-order chi connectivity index (χ1) is 9.49. The lowest BCUT2D eigenvalue weighted by Gasteiger charge is -2.10. The maximum atomic E-state index is 12.1. The van der Waals surface area contributed by atoms with Gasteiger partial charge in [0.25, 0.3) is 5.91 Å². The SMILES string of the molecule is Cc1ccc(C(=O)O)cc1NC(=O)c1cccnc1N. The number of anilines is 2. The third kappa shape index (κ3) is 2.74. The molecule has 0 radical (unpaired) electrons. The Morgan fingerprint density at radius 1 is 1.30 bits per heavy atom. The highest BCUT2D eigenvalue weighted by Gasteiger charge is 2.13. The van der Waals surface area contributed by atoms with Gasteiger partial charge in [-0.15, -0.1) is 0 Å². The molecular weight excluding hydrogens is 258 g/mol. The molecule has 0 aliphatic heterocycles. The summed E-state index contributed by atoms with van der Waals surface area (Å²) in [7, 11) is 0. The fraction of sp³-hybridized carbons (Fsp3) is 0.0714. The summed E-state index contributed by atoms with van der Waals surface area (Å²) in [6.45, 7) is 1.77. The molecule has 4 N–H and O–H groups in total. The van der Waals surface area contributed by atoms with Gasteiger partial charge in [-0.3, -0.25) is 4.79 Å². The number of carboxylic acid groups (broad SMARTS) is 1. The molecule has 2 aromatic rings. The molecule has 1 amide bonds. The van der Waals surface area contributed by atoms with Crippen molar-refractivity contribution in [2.24, 2.45) is 0 Å². The average Bonchev–Trinajstić information content (AvgIpc) is 2.41. The third-order valence-corrected chi connectivity index (χ3v) is 2.82. The van der Waals surface area contributed by atoms with Crippen LogP contribution in [0, 0.1) is 6.92 Å². The van der Waals surface area contributed by atoms with Crippen LogP contribution >= 0.6 is 0 Å². The number of nitrogens with zero attached hydrogens (tertiary/aromatic N) is 1. The summed E-state index contributed by atoms with van der Waals surface area (Å²) < 4.78 is 0. The summed E-state index contributed by atoms with van der Waals surface area (Å²) in [6.07, 6.45) is 1.49. The van der Waals surface area contributed by atoms with Crippen molar-refractivity contribution in [2.45, 2.75) is 6.92 Å². The second kappa shape index (κ2) is 5.40. The van der Waals surface area contributed by atoms with Crippen molar-refractivity contribution in [3.05, 3.63) is 53.2 Å². The molecule has 0 saturated carbocycles. The molecule has 6 heteroatoms. The van der Waals surface area contributed by atoms with E-state index in [1.54, 1.807) is 25.1 Å². The maximum absolute atomic E-state index is 12.1. The van der Waals surface area contributed by atoms with E-state index in [0.29, 0.717) is 5.69 Å². The van der Waals surface area contributed by atoms with Crippen LogP contribution in [0.4, 0.5) is 11.5 Å². The summed E-state index contributed by atoms with van der Waals surface area (Å²) in [5, 5.41) is 11.6. The minimum absolute atomic E-state index is 0.102. The molecule has 0 unspecified atom stereocenters. The topological polar surface area (TPSA) is 105 Å². The standard InChI is InChI=1S/C14H13N3O3/c1-8-4-5-9(14(19)20)7-11(8)17-13(18)10-3-2-6-16-12(10)15/h2-7H,1H3,(H2,15,16)(H,17,18)(H,19,20). The lowest BCUT2D eigenvalue weighted by Crippen LogP contribution is -2.15. The van der Waals surface area contributed by atoms with Gasteiger partial charge in [0.2, 0.25) is 0 Å². The number of aromatic carboxylic acids is 1. The lowest BCUT2D eigenvalue weighted by molar-refractivity contribution is 0.0696. The Kier molecular flexibility index (Phi) is 3.65. The Balaban J connectivity index is 2.30. The largest absolute Gasteiger partial charge is 0.478 e. The normalized spacial score (nSPS) is 10.1. The van der Waals surface area contributed by atoms with Crippen molar-refractivity contribution >= 4 is 23.4 Å². The average molecular weight is 271 g/mol.